The highest BCUT2D eigenvalue weighted by Crippen LogP contribution is 2.28. The molecule has 0 N–H and O–H groups in total. The van der Waals surface area contributed by atoms with Crippen molar-refractivity contribution in [1.82, 2.24) is 9.88 Å². The number of carbonyl (C=O) groups is 1. The molecule has 0 fully saturated rings. The van der Waals surface area contributed by atoms with Gasteiger partial charge in [-0.05, 0) is 82.6 Å². The molecule has 1 aromatic heterocycles. The highest BCUT2D eigenvalue weighted by atomic mass is 16.6. The zero-order valence-corrected chi connectivity index (χ0v) is 19.8. The van der Waals surface area contributed by atoms with Gasteiger partial charge >= 0.3 is 6.09 Å². The summed E-state index contributed by atoms with van der Waals surface area (Å²) in [6.45, 7) is 11.0. The molecule has 0 bridgehead atoms. The van der Waals surface area contributed by atoms with Crippen molar-refractivity contribution in [3.8, 4) is 22.8 Å². The second-order valence-corrected chi connectivity index (χ2v) is 8.71. The number of aromatic nitrogens is 1. The summed E-state index contributed by atoms with van der Waals surface area (Å²) in [4.78, 5) is 18.4. The van der Waals surface area contributed by atoms with Crippen LogP contribution in [0.5, 0.6) is 11.5 Å². The molecule has 0 spiro atoms. The highest BCUT2D eigenvalue weighted by molar-refractivity contribution is 5.86. The molecule has 6 nitrogen and oxygen atoms in total. The summed E-state index contributed by atoms with van der Waals surface area (Å²) in [5, 5.41) is 1.12. The maximum absolute atomic E-state index is 12.0. The fourth-order valence-corrected chi connectivity index (χ4v) is 3.24. The molecule has 0 aliphatic carbocycles. The van der Waals surface area contributed by atoms with Crippen LogP contribution in [0.4, 0.5) is 4.79 Å². The first-order valence-electron chi connectivity index (χ1n) is 10.9. The Labute approximate surface area is 190 Å². The third kappa shape index (κ3) is 6.13. The van der Waals surface area contributed by atoms with E-state index < -0.39 is 5.60 Å². The van der Waals surface area contributed by atoms with Crippen LogP contribution in [0.1, 0.15) is 33.3 Å². The lowest BCUT2D eigenvalue weighted by atomic mass is 10.0. The van der Waals surface area contributed by atoms with E-state index in [-0.39, 0.29) is 6.09 Å². The van der Waals surface area contributed by atoms with E-state index >= 15 is 0 Å². The van der Waals surface area contributed by atoms with E-state index in [1.165, 1.54) is 10.5 Å². The van der Waals surface area contributed by atoms with Gasteiger partial charge in [0.2, 0.25) is 0 Å². The van der Waals surface area contributed by atoms with Crippen LogP contribution in [0.15, 0.2) is 48.5 Å². The van der Waals surface area contributed by atoms with E-state index in [1.807, 2.05) is 64.1 Å². The fraction of sp³-hybridized carbons (Fsp3) is 0.385. The van der Waals surface area contributed by atoms with Crippen LogP contribution in [-0.4, -0.2) is 48.4 Å². The van der Waals surface area contributed by atoms with E-state index in [4.69, 9.17) is 19.2 Å². The number of hydrogen-bond acceptors (Lipinski definition) is 5. The maximum Gasteiger partial charge on any atom is 0.410 e. The van der Waals surface area contributed by atoms with Crippen molar-refractivity contribution in [1.29, 1.82) is 0 Å². The Morgan fingerprint density at radius 2 is 1.69 bits per heavy atom. The Morgan fingerprint density at radius 3 is 2.34 bits per heavy atom. The van der Waals surface area contributed by atoms with Gasteiger partial charge in [-0.1, -0.05) is 0 Å². The molecular weight excluding hydrogens is 404 g/mol. The van der Waals surface area contributed by atoms with Gasteiger partial charge in [-0.3, -0.25) is 0 Å². The lowest BCUT2D eigenvalue weighted by molar-refractivity contribution is 0.0278. The number of amides is 1. The summed E-state index contributed by atoms with van der Waals surface area (Å²) < 4.78 is 16.8. The molecule has 2 aromatic carbocycles. The molecule has 0 unspecified atom stereocenters. The van der Waals surface area contributed by atoms with Crippen molar-refractivity contribution in [2.24, 2.45) is 0 Å². The number of pyridine rings is 1. The second kappa shape index (κ2) is 9.90. The fourth-order valence-electron chi connectivity index (χ4n) is 3.24. The van der Waals surface area contributed by atoms with Crippen molar-refractivity contribution in [2.75, 3.05) is 26.8 Å². The number of nitrogens with zero attached hydrogens (tertiary/aromatic N) is 2. The van der Waals surface area contributed by atoms with Crippen molar-refractivity contribution in [3.63, 3.8) is 0 Å². The van der Waals surface area contributed by atoms with Crippen molar-refractivity contribution in [3.05, 3.63) is 54.1 Å². The van der Waals surface area contributed by atoms with Gasteiger partial charge < -0.3 is 19.1 Å². The Bertz CT molecular complexity index is 1070. The number of fused-ring (bicyclic) bond motifs is 1. The third-order valence-electron chi connectivity index (χ3n) is 4.85. The van der Waals surface area contributed by atoms with Crippen LogP contribution in [0.2, 0.25) is 0 Å². The molecule has 0 saturated carbocycles. The van der Waals surface area contributed by atoms with Crippen molar-refractivity contribution < 1.29 is 19.0 Å². The van der Waals surface area contributed by atoms with Crippen molar-refractivity contribution in [2.45, 2.75) is 40.2 Å². The largest absolute Gasteiger partial charge is 0.494 e. The van der Waals surface area contributed by atoms with Gasteiger partial charge in [-0.2, -0.15) is 0 Å². The predicted octanol–water partition coefficient (Wildman–Crippen LogP) is 5.85. The molecule has 0 aliphatic rings. The van der Waals surface area contributed by atoms with Gasteiger partial charge in [0.25, 0.3) is 0 Å². The number of carbonyl (C=O) groups excluding carboxylic acids is 1. The first-order valence-corrected chi connectivity index (χ1v) is 10.9. The van der Waals surface area contributed by atoms with Crippen LogP contribution >= 0.6 is 0 Å². The van der Waals surface area contributed by atoms with Gasteiger partial charge in [-0.15, -0.1) is 0 Å². The standard InChI is InChI=1S/C26H32N2O4/c1-7-30-21-12-13-22-18(2)16-23(27-24(22)17-21)19-8-10-20(11-9-19)31-15-14-28(6)25(29)32-26(3,4)5/h8-13,16-17H,7,14-15H2,1-6H3. The quantitative estimate of drug-likeness (QED) is 0.465. The van der Waals surface area contributed by atoms with E-state index in [2.05, 4.69) is 19.1 Å². The van der Waals surface area contributed by atoms with E-state index in [0.717, 1.165) is 33.7 Å². The number of likely N-dealkylation sites (N-methyl/N-ethyl adjacent to an activating group) is 1. The minimum absolute atomic E-state index is 0.360. The third-order valence-corrected chi connectivity index (χ3v) is 4.85. The Hall–Kier alpha value is -3.28. The summed E-state index contributed by atoms with van der Waals surface area (Å²) in [6, 6.07) is 15.9. The summed E-state index contributed by atoms with van der Waals surface area (Å²) >= 11 is 0. The molecule has 0 atom stereocenters. The summed E-state index contributed by atoms with van der Waals surface area (Å²) in [5.41, 5.74) is 3.48. The smallest absolute Gasteiger partial charge is 0.410 e. The summed E-state index contributed by atoms with van der Waals surface area (Å²) in [7, 11) is 1.70. The molecule has 170 valence electrons. The lowest BCUT2D eigenvalue weighted by Gasteiger charge is -2.24. The maximum atomic E-state index is 12.0. The number of hydrogen-bond donors (Lipinski definition) is 0. The molecular formula is C26H32N2O4. The van der Waals surface area contributed by atoms with E-state index in [9.17, 15) is 4.79 Å². The number of ether oxygens (including phenoxy) is 3. The molecule has 3 rings (SSSR count). The van der Waals surface area contributed by atoms with Crippen molar-refractivity contribution >= 4 is 17.0 Å². The lowest BCUT2D eigenvalue weighted by Crippen LogP contribution is -2.36. The molecule has 0 saturated heterocycles. The number of benzene rings is 2. The molecule has 1 heterocycles. The highest BCUT2D eigenvalue weighted by Gasteiger charge is 2.19. The molecule has 6 heteroatoms. The molecule has 32 heavy (non-hydrogen) atoms. The average Bonchev–Trinajstić information content (AvgIpc) is 2.73. The molecule has 0 radical (unpaired) electrons. The second-order valence-electron chi connectivity index (χ2n) is 8.71. The molecule has 0 aliphatic heterocycles. The topological polar surface area (TPSA) is 60.9 Å². The van der Waals surface area contributed by atoms with Crippen LogP contribution < -0.4 is 9.47 Å². The SMILES string of the molecule is CCOc1ccc2c(C)cc(-c3ccc(OCCN(C)C(=O)OC(C)(C)C)cc3)nc2c1. The first-order chi connectivity index (χ1) is 15.2. The summed E-state index contributed by atoms with van der Waals surface area (Å²) in [6.07, 6.45) is -0.360. The van der Waals surface area contributed by atoms with E-state index in [1.54, 1.807) is 7.05 Å². The van der Waals surface area contributed by atoms with Crippen LogP contribution in [0, 0.1) is 6.92 Å². The Kier molecular flexibility index (Phi) is 7.23. The monoisotopic (exact) mass is 436 g/mol. The molecule has 3 aromatic rings. The Balaban J connectivity index is 1.65. The summed E-state index contributed by atoms with van der Waals surface area (Å²) in [5.74, 6) is 1.56. The first kappa shape index (κ1) is 23.4. The van der Waals surface area contributed by atoms with Crippen LogP contribution in [0.25, 0.3) is 22.2 Å². The minimum Gasteiger partial charge on any atom is -0.494 e. The van der Waals surface area contributed by atoms with E-state index in [0.29, 0.717) is 19.8 Å². The average molecular weight is 437 g/mol. The van der Waals surface area contributed by atoms with Gasteiger partial charge in [0.05, 0.1) is 24.4 Å². The van der Waals surface area contributed by atoms with Crippen LogP contribution in [0.3, 0.4) is 0 Å². The Morgan fingerprint density at radius 1 is 1.00 bits per heavy atom. The normalized spacial score (nSPS) is 11.3. The zero-order valence-electron chi connectivity index (χ0n) is 19.8. The van der Waals surface area contributed by atoms with Crippen LogP contribution in [-0.2, 0) is 4.74 Å². The minimum atomic E-state index is -0.512. The number of rotatable bonds is 7. The zero-order chi connectivity index (χ0) is 23.3. The van der Waals surface area contributed by atoms with Gasteiger partial charge in [0.1, 0.15) is 23.7 Å². The van der Waals surface area contributed by atoms with Gasteiger partial charge in [0, 0.05) is 24.1 Å². The predicted molar refractivity (Wildman–Crippen MR) is 127 cm³/mol. The molecule has 1 amide bonds. The van der Waals surface area contributed by atoms with Gasteiger partial charge in [-0.25, -0.2) is 9.78 Å². The van der Waals surface area contributed by atoms with Gasteiger partial charge in [0.15, 0.2) is 0 Å². The number of aryl methyl sites for hydroxylation is 1.